The van der Waals surface area contributed by atoms with E-state index in [1.54, 1.807) is 11.3 Å². The van der Waals surface area contributed by atoms with Crippen LogP contribution in [-0.4, -0.2) is 23.2 Å². The standard InChI is InChI=1S/C11H20N2OS/c1-9-13-10(7-15-9)6-12-8-11(2,3)4-5-14/h7,12,14H,4-6,8H2,1-3H3. The zero-order valence-electron chi connectivity index (χ0n) is 9.71. The second-order valence-electron chi connectivity index (χ2n) is 4.60. The molecular weight excluding hydrogens is 208 g/mol. The summed E-state index contributed by atoms with van der Waals surface area (Å²) < 4.78 is 0. The summed E-state index contributed by atoms with van der Waals surface area (Å²) in [6.07, 6.45) is 0.829. The molecule has 2 N–H and O–H groups in total. The van der Waals surface area contributed by atoms with E-state index < -0.39 is 0 Å². The molecule has 1 aromatic rings. The number of hydrogen-bond acceptors (Lipinski definition) is 4. The third-order valence-corrected chi connectivity index (χ3v) is 3.19. The summed E-state index contributed by atoms with van der Waals surface area (Å²) in [4.78, 5) is 4.38. The van der Waals surface area contributed by atoms with Crippen molar-refractivity contribution in [1.29, 1.82) is 0 Å². The van der Waals surface area contributed by atoms with Gasteiger partial charge in [-0.25, -0.2) is 4.98 Å². The number of aromatic nitrogens is 1. The second-order valence-corrected chi connectivity index (χ2v) is 5.66. The smallest absolute Gasteiger partial charge is 0.0897 e. The van der Waals surface area contributed by atoms with Crippen LogP contribution in [0.25, 0.3) is 0 Å². The minimum absolute atomic E-state index is 0.153. The topological polar surface area (TPSA) is 45.2 Å². The summed E-state index contributed by atoms with van der Waals surface area (Å²) in [7, 11) is 0. The van der Waals surface area contributed by atoms with Crippen molar-refractivity contribution in [1.82, 2.24) is 10.3 Å². The van der Waals surface area contributed by atoms with E-state index in [9.17, 15) is 0 Å². The molecule has 1 rings (SSSR count). The van der Waals surface area contributed by atoms with Crippen molar-refractivity contribution in [2.75, 3.05) is 13.2 Å². The first-order chi connectivity index (χ1) is 7.03. The average Bonchev–Trinajstić information content (AvgIpc) is 2.51. The molecule has 0 fully saturated rings. The summed E-state index contributed by atoms with van der Waals surface area (Å²) >= 11 is 1.68. The van der Waals surface area contributed by atoms with Crippen LogP contribution in [0, 0.1) is 12.3 Å². The van der Waals surface area contributed by atoms with Crippen molar-refractivity contribution >= 4 is 11.3 Å². The van der Waals surface area contributed by atoms with Crippen LogP contribution >= 0.6 is 11.3 Å². The molecule has 0 amide bonds. The summed E-state index contributed by atoms with van der Waals surface area (Å²) in [5, 5.41) is 15.5. The fourth-order valence-corrected chi connectivity index (χ4v) is 2.02. The predicted octanol–water partition coefficient (Wildman–Crippen LogP) is 1.95. The molecule has 0 aliphatic carbocycles. The lowest BCUT2D eigenvalue weighted by molar-refractivity contribution is 0.207. The molecule has 0 saturated carbocycles. The summed E-state index contributed by atoms with van der Waals surface area (Å²) in [5.41, 5.74) is 1.26. The van der Waals surface area contributed by atoms with Crippen molar-refractivity contribution in [3.05, 3.63) is 16.1 Å². The Hall–Kier alpha value is -0.450. The van der Waals surface area contributed by atoms with E-state index in [1.807, 2.05) is 6.92 Å². The largest absolute Gasteiger partial charge is 0.396 e. The van der Waals surface area contributed by atoms with Gasteiger partial charge in [0, 0.05) is 25.1 Å². The summed E-state index contributed by atoms with van der Waals surface area (Å²) in [5.74, 6) is 0. The third kappa shape index (κ3) is 4.73. The van der Waals surface area contributed by atoms with Crippen LogP contribution < -0.4 is 5.32 Å². The third-order valence-electron chi connectivity index (χ3n) is 2.36. The number of nitrogens with zero attached hydrogens (tertiary/aromatic N) is 1. The van der Waals surface area contributed by atoms with Gasteiger partial charge in [0.05, 0.1) is 10.7 Å². The Morgan fingerprint density at radius 1 is 1.53 bits per heavy atom. The first kappa shape index (κ1) is 12.6. The van der Waals surface area contributed by atoms with Gasteiger partial charge in [0.15, 0.2) is 0 Å². The van der Waals surface area contributed by atoms with Gasteiger partial charge in [-0.2, -0.15) is 0 Å². The van der Waals surface area contributed by atoms with Crippen molar-refractivity contribution < 1.29 is 5.11 Å². The number of aliphatic hydroxyl groups is 1. The van der Waals surface area contributed by atoms with E-state index in [4.69, 9.17) is 5.11 Å². The highest BCUT2D eigenvalue weighted by atomic mass is 32.1. The highest BCUT2D eigenvalue weighted by Gasteiger charge is 2.16. The fraction of sp³-hybridized carbons (Fsp3) is 0.727. The summed E-state index contributed by atoms with van der Waals surface area (Å²) in [6.45, 7) is 8.31. The van der Waals surface area contributed by atoms with E-state index in [0.29, 0.717) is 0 Å². The predicted molar refractivity (Wildman–Crippen MR) is 64.0 cm³/mol. The summed E-state index contributed by atoms with van der Waals surface area (Å²) in [6, 6.07) is 0. The molecule has 1 aromatic heterocycles. The van der Waals surface area contributed by atoms with Gasteiger partial charge in [0.25, 0.3) is 0 Å². The maximum absolute atomic E-state index is 8.88. The molecule has 0 saturated heterocycles. The monoisotopic (exact) mass is 228 g/mol. The molecule has 1 heterocycles. The second kappa shape index (κ2) is 5.58. The van der Waals surface area contributed by atoms with Crippen LogP contribution in [0.5, 0.6) is 0 Å². The number of hydrogen-bond donors (Lipinski definition) is 2. The normalized spacial score (nSPS) is 12.0. The molecule has 0 radical (unpaired) electrons. The highest BCUT2D eigenvalue weighted by molar-refractivity contribution is 7.09. The first-order valence-electron chi connectivity index (χ1n) is 5.26. The van der Waals surface area contributed by atoms with Gasteiger partial charge < -0.3 is 10.4 Å². The number of rotatable bonds is 6. The lowest BCUT2D eigenvalue weighted by Gasteiger charge is -2.23. The van der Waals surface area contributed by atoms with Gasteiger partial charge >= 0.3 is 0 Å². The highest BCUT2D eigenvalue weighted by Crippen LogP contribution is 2.18. The lowest BCUT2D eigenvalue weighted by atomic mass is 9.90. The quantitative estimate of drug-likeness (QED) is 0.782. The molecule has 0 aliphatic heterocycles. The average molecular weight is 228 g/mol. The van der Waals surface area contributed by atoms with Gasteiger partial charge in [-0.3, -0.25) is 0 Å². The van der Waals surface area contributed by atoms with E-state index in [-0.39, 0.29) is 12.0 Å². The Balaban J connectivity index is 2.27. The zero-order valence-corrected chi connectivity index (χ0v) is 10.5. The van der Waals surface area contributed by atoms with Crippen LogP contribution in [0.3, 0.4) is 0 Å². The van der Waals surface area contributed by atoms with Gasteiger partial charge in [-0.15, -0.1) is 11.3 Å². The van der Waals surface area contributed by atoms with E-state index in [1.165, 1.54) is 0 Å². The maximum Gasteiger partial charge on any atom is 0.0897 e. The molecule has 0 atom stereocenters. The fourth-order valence-electron chi connectivity index (χ4n) is 1.41. The van der Waals surface area contributed by atoms with Gasteiger partial charge in [-0.05, 0) is 18.8 Å². The molecule has 3 nitrogen and oxygen atoms in total. The molecule has 0 unspecified atom stereocenters. The number of aryl methyl sites for hydroxylation is 1. The van der Waals surface area contributed by atoms with Crippen LogP contribution in [0.2, 0.25) is 0 Å². The Morgan fingerprint density at radius 3 is 2.80 bits per heavy atom. The maximum atomic E-state index is 8.88. The lowest BCUT2D eigenvalue weighted by Crippen LogP contribution is -2.29. The Labute approximate surface area is 95.6 Å². The van der Waals surface area contributed by atoms with Crippen LogP contribution in [0.4, 0.5) is 0 Å². The SMILES string of the molecule is Cc1nc(CNCC(C)(C)CCO)cs1. The minimum Gasteiger partial charge on any atom is -0.396 e. The molecule has 4 heteroatoms. The van der Waals surface area contributed by atoms with Gasteiger partial charge in [0.2, 0.25) is 0 Å². The number of nitrogens with one attached hydrogen (secondary N) is 1. The van der Waals surface area contributed by atoms with Crippen LogP contribution in [0.15, 0.2) is 5.38 Å². The first-order valence-corrected chi connectivity index (χ1v) is 6.14. The molecular formula is C11H20N2OS. The molecule has 0 aliphatic rings. The Kier molecular flexibility index (Phi) is 4.70. The molecule has 0 aromatic carbocycles. The van der Waals surface area contributed by atoms with Gasteiger partial charge in [0.1, 0.15) is 0 Å². The van der Waals surface area contributed by atoms with Crippen molar-refractivity contribution in [2.24, 2.45) is 5.41 Å². The van der Waals surface area contributed by atoms with Gasteiger partial charge in [-0.1, -0.05) is 13.8 Å². The zero-order chi connectivity index (χ0) is 11.3. The molecule has 0 spiro atoms. The van der Waals surface area contributed by atoms with Crippen molar-refractivity contribution in [2.45, 2.75) is 33.7 Å². The van der Waals surface area contributed by atoms with Crippen LogP contribution in [-0.2, 0) is 6.54 Å². The van der Waals surface area contributed by atoms with Crippen molar-refractivity contribution in [3.63, 3.8) is 0 Å². The number of thiazole rings is 1. The number of aliphatic hydroxyl groups excluding tert-OH is 1. The molecule has 15 heavy (non-hydrogen) atoms. The van der Waals surface area contributed by atoms with E-state index >= 15 is 0 Å². The molecule has 86 valence electrons. The minimum atomic E-state index is 0.153. The van der Waals surface area contributed by atoms with E-state index in [0.717, 1.165) is 30.2 Å². The Bertz CT molecular complexity index is 297. The van der Waals surface area contributed by atoms with Crippen LogP contribution in [0.1, 0.15) is 31.0 Å². The molecule has 0 bridgehead atoms. The van der Waals surface area contributed by atoms with Crippen molar-refractivity contribution in [3.8, 4) is 0 Å². The Morgan fingerprint density at radius 2 is 2.27 bits per heavy atom. The van der Waals surface area contributed by atoms with E-state index in [2.05, 4.69) is 29.5 Å².